The van der Waals surface area contributed by atoms with Crippen molar-refractivity contribution < 1.29 is 14.3 Å². The molecule has 0 bridgehead atoms. The van der Waals surface area contributed by atoms with E-state index in [0.717, 1.165) is 64.5 Å². The third kappa shape index (κ3) is 6.75. The van der Waals surface area contributed by atoms with E-state index in [0.29, 0.717) is 38.8 Å². The summed E-state index contributed by atoms with van der Waals surface area (Å²) >= 11 is 0. The monoisotopic (exact) mass is 617 g/mol. The summed E-state index contributed by atoms with van der Waals surface area (Å²) in [5, 5.41) is 11.8. The summed E-state index contributed by atoms with van der Waals surface area (Å²) in [4.78, 5) is 30.8. The first-order valence-electron chi connectivity index (χ1n) is 15.7. The van der Waals surface area contributed by atoms with Gasteiger partial charge in [-0.3, -0.25) is 4.79 Å². The van der Waals surface area contributed by atoms with Gasteiger partial charge in [0.15, 0.2) is 0 Å². The van der Waals surface area contributed by atoms with Gasteiger partial charge in [-0.15, -0.1) is 0 Å². The van der Waals surface area contributed by atoms with Crippen LogP contribution in [0, 0.1) is 11.3 Å². The van der Waals surface area contributed by atoms with Crippen molar-refractivity contribution in [2.24, 2.45) is 0 Å². The standard InChI is InChI=1S/C36H39N7O3/c1-4-34(44)43-19-18-42(24-27(43)14-16-37)35-31-15-17-41(25-32(31)38-36(39-35)45-21-20-40(2)3)33-23-29(46-28-11-6-5-7-12-28)22-26-10-8-9-13-30(26)33/h4-13,22-23,27H,1,14-15,17-21,24-25H2,2-3H3. The molecular formula is C36H39N7O3. The number of likely N-dealkylation sites (N-methyl/N-ethyl adjacent to an activating group) is 1. The molecule has 0 saturated carbocycles. The molecule has 6 rings (SSSR count). The van der Waals surface area contributed by atoms with Gasteiger partial charge in [-0.05, 0) is 50.2 Å². The summed E-state index contributed by atoms with van der Waals surface area (Å²) in [6.07, 6.45) is 2.29. The van der Waals surface area contributed by atoms with Gasteiger partial charge in [-0.25, -0.2) is 0 Å². The molecule has 1 saturated heterocycles. The van der Waals surface area contributed by atoms with E-state index in [9.17, 15) is 10.1 Å². The number of hydrogen-bond donors (Lipinski definition) is 0. The van der Waals surface area contributed by atoms with Crippen LogP contribution in [0.4, 0.5) is 11.5 Å². The lowest BCUT2D eigenvalue weighted by atomic mass is 10.0. The molecule has 3 heterocycles. The molecule has 1 amide bonds. The van der Waals surface area contributed by atoms with Crippen LogP contribution in [-0.4, -0.2) is 85.1 Å². The van der Waals surface area contributed by atoms with E-state index in [4.69, 9.17) is 19.4 Å². The molecular weight excluding hydrogens is 578 g/mol. The molecule has 1 aromatic heterocycles. The Labute approximate surface area is 270 Å². The molecule has 3 aromatic carbocycles. The van der Waals surface area contributed by atoms with Crippen LogP contribution in [0.5, 0.6) is 17.5 Å². The predicted molar refractivity (Wildman–Crippen MR) is 179 cm³/mol. The SMILES string of the molecule is C=CC(=O)N1CCN(c2nc(OCCN(C)C)nc3c2CCN(c2cc(Oc4ccccc4)cc4ccccc24)C3)CC1CC#N. The van der Waals surface area contributed by atoms with Crippen LogP contribution >= 0.6 is 0 Å². The molecule has 1 atom stereocenters. The van der Waals surface area contributed by atoms with Crippen molar-refractivity contribution >= 4 is 28.2 Å². The number of rotatable bonds is 10. The van der Waals surface area contributed by atoms with E-state index < -0.39 is 0 Å². The predicted octanol–water partition coefficient (Wildman–Crippen LogP) is 5.04. The van der Waals surface area contributed by atoms with E-state index in [1.807, 2.05) is 50.5 Å². The van der Waals surface area contributed by atoms with Crippen molar-refractivity contribution in [3.63, 3.8) is 0 Å². The number of aromatic nitrogens is 2. The lowest BCUT2D eigenvalue weighted by Gasteiger charge is -2.42. The van der Waals surface area contributed by atoms with Crippen molar-refractivity contribution in [2.75, 3.05) is 63.2 Å². The van der Waals surface area contributed by atoms with Crippen LogP contribution in [0.2, 0.25) is 0 Å². The number of amides is 1. The van der Waals surface area contributed by atoms with Gasteiger partial charge in [0.1, 0.15) is 23.9 Å². The quantitative estimate of drug-likeness (QED) is 0.227. The summed E-state index contributed by atoms with van der Waals surface area (Å²) in [6.45, 7) is 7.76. The van der Waals surface area contributed by atoms with Crippen LogP contribution < -0.4 is 19.3 Å². The highest BCUT2D eigenvalue weighted by Gasteiger charge is 2.33. The Bertz CT molecular complexity index is 1750. The number of piperazine rings is 1. The fourth-order valence-corrected chi connectivity index (χ4v) is 6.18. The average Bonchev–Trinajstić information content (AvgIpc) is 3.07. The van der Waals surface area contributed by atoms with Gasteiger partial charge in [-0.2, -0.15) is 15.2 Å². The smallest absolute Gasteiger partial charge is 0.318 e. The number of carbonyl (C=O) groups is 1. The number of para-hydroxylation sites is 1. The fourth-order valence-electron chi connectivity index (χ4n) is 6.18. The first-order valence-corrected chi connectivity index (χ1v) is 15.7. The molecule has 1 unspecified atom stereocenters. The maximum Gasteiger partial charge on any atom is 0.318 e. The van der Waals surface area contributed by atoms with Gasteiger partial charge in [0, 0.05) is 55.4 Å². The second-order valence-electron chi connectivity index (χ2n) is 11.9. The van der Waals surface area contributed by atoms with Crippen molar-refractivity contribution in [3.05, 3.63) is 90.6 Å². The van der Waals surface area contributed by atoms with E-state index in [1.165, 1.54) is 6.08 Å². The molecule has 10 nitrogen and oxygen atoms in total. The van der Waals surface area contributed by atoms with Crippen molar-refractivity contribution in [1.29, 1.82) is 5.26 Å². The van der Waals surface area contributed by atoms with E-state index in [1.54, 1.807) is 4.90 Å². The zero-order chi connectivity index (χ0) is 32.0. The summed E-state index contributed by atoms with van der Waals surface area (Å²) in [5.74, 6) is 2.23. The summed E-state index contributed by atoms with van der Waals surface area (Å²) in [6, 6.07) is 24.7. The van der Waals surface area contributed by atoms with Crippen molar-refractivity contribution in [3.8, 4) is 23.6 Å². The Morgan fingerprint density at radius 1 is 1.04 bits per heavy atom. The summed E-state index contributed by atoms with van der Waals surface area (Å²) in [7, 11) is 4.00. The van der Waals surface area contributed by atoms with Crippen LogP contribution in [-0.2, 0) is 17.8 Å². The molecule has 1 fully saturated rings. The van der Waals surface area contributed by atoms with Gasteiger partial charge in [0.2, 0.25) is 5.91 Å². The molecule has 4 aromatic rings. The summed E-state index contributed by atoms with van der Waals surface area (Å²) in [5.41, 5.74) is 3.07. The highest BCUT2D eigenvalue weighted by molar-refractivity contribution is 5.96. The zero-order valence-electron chi connectivity index (χ0n) is 26.4. The lowest BCUT2D eigenvalue weighted by Crippen LogP contribution is -2.55. The normalized spacial score (nSPS) is 16.2. The highest BCUT2D eigenvalue weighted by Crippen LogP contribution is 2.38. The van der Waals surface area contributed by atoms with Gasteiger partial charge < -0.3 is 29.1 Å². The van der Waals surface area contributed by atoms with Crippen LogP contribution in [0.1, 0.15) is 17.7 Å². The fraction of sp³-hybridized carbons (Fsp3) is 0.333. The summed E-state index contributed by atoms with van der Waals surface area (Å²) < 4.78 is 12.4. The maximum atomic E-state index is 12.6. The maximum absolute atomic E-state index is 12.6. The van der Waals surface area contributed by atoms with E-state index >= 15 is 0 Å². The number of carbonyl (C=O) groups excluding carboxylic acids is 1. The van der Waals surface area contributed by atoms with Crippen LogP contribution in [0.25, 0.3) is 10.8 Å². The van der Waals surface area contributed by atoms with Gasteiger partial charge in [0.25, 0.3) is 0 Å². The molecule has 236 valence electrons. The molecule has 0 N–H and O–H groups in total. The van der Waals surface area contributed by atoms with Crippen molar-refractivity contribution in [1.82, 2.24) is 19.8 Å². The minimum atomic E-state index is -0.258. The molecule has 2 aliphatic rings. The van der Waals surface area contributed by atoms with Crippen LogP contribution in [0.3, 0.4) is 0 Å². The lowest BCUT2D eigenvalue weighted by molar-refractivity contribution is -0.128. The van der Waals surface area contributed by atoms with E-state index in [2.05, 4.69) is 57.7 Å². The molecule has 2 aliphatic heterocycles. The molecule has 0 radical (unpaired) electrons. The number of ether oxygens (including phenoxy) is 2. The minimum absolute atomic E-state index is 0.154. The first-order chi connectivity index (χ1) is 22.4. The van der Waals surface area contributed by atoms with E-state index in [-0.39, 0.29) is 18.4 Å². The molecule has 10 heteroatoms. The van der Waals surface area contributed by atoms with Gasteiger partial charge >= 0.3 is 6.01 Å². The largest absolute Gasteiger partial charge is 0.462 e. The van der Waals surface area contributed by atoms with Crippen molar-refractivity contribution in [2.45, 2.75) is 25.4 Å². The Kier molecular flexibility index (Phi) is 9.31. The highest BCUT2D eigenvalue weighted by atomic mass is 16.5. The second kappa shape index (κ2) is 13.9. The first kappa shape index (κ1) is 30.9. The molecule has 46 heavy (non-hydrogen) atoms. The number of nitrogens with zero attached hydrogens (tertiary/aromatic N) is 7. The molecule has 0 aliphatic carbocycles. The Morgan fingerprint density at radius 2 is 1.85 bits per heavy atom. The van der Waals surface area contributed by atoms with Gasteiger partial charge in [-0.1, -0.05) is 49.0 Å². The second-order valence-corrected chi connectivity index (χ2v) is 11.9. The number of anilines is 2. The number of nitriles is 1. The van der Waals surface area contributed by atoms with Crippen LogP contribution in [0.15, 0.2) is 79.4 Å². The molecule has 0 spiro atoms. The zero-order valence-corrected chi connectivity index (χ0v) is 26.4. The number of fused-ring (bicyclic) bond motifs is 2. The third-order valence-electron chi connectivity index (χ3n) is 8.49. The topological polar surface area (TPSA) is 98.1 Å². The Balaban J connectivity index is 1.34. The third-order valence-corrected chi connectivity index (χ3v) is 8.49. The average molecular weight is 618 g/mol. The number of hydrogen-bond acceptors (Lipinski definition) is 9. The Hall–Kier alpha value is -5.14. The minimum Gasteiger partial charge on any atom is -0.462 e. The number of benzene rings is 3. The Morgan fingerprint density at radius 3 is 2.63 bits per heavy atom. The van der Waals surface area contributed by atoms with Gasteiger partial charge in [0.05, 0.1) is 30.8 Å².